The number of phenolic OH excluding ortho intramolecular Hbond substituents is 1. The van der Waals surface area contributed by atoms with Crippen molar-refractivity contribution in [3.05, 3.63) is 179 Å². The van der Waals surface area contributed by atoms with Crippen LogP contribution < -0.4 is 36.3 Å². The zero-order chi connectivity index (χ0) is 53.2. The van der Waals surface area contributed by atoms with Crippen molar-refractivity contribution in [2.24, 2.45) is 11.5 Å². The Kier molecular flexibility index (Phi) is 21.2. The SMILES string of the molecule is COc1ccc2c(c1)CCC(NCC(N)CCCCNS(=O)(=O)c1ccccc1F)C2Cc1cccnc1.N[C@@H](CCCCNS(=O)(=O)c1ccccc1F)CNC1CCc2cc(O)ccc2C1Cc1cccnc1. The Labute approximate surface area is 441 Å². The molecule has 6 aromatic rings. The van der Waals surface area contributed by atoms with Crippen LogP contribution in [0.5, 0.6) is 11.5 Å². The first kappa shape index (κ1) is 57.0. The summed E-state index contributed by atoms with van der Waals surface area (Å²) in [6.45, 7) is 1.81. The Hall–Kier alpha value is -5.70. The molecule has 4 aromatic carbocycles. The lowest BCUT2D eigenvalue weighted by Gasteiger charge is -2.35. The van der Waals surface area contributed by atoms with Gasteiger partial charge in [0.15, 0.2) is 0 Å². The van der Waals surface area contributed by atoms with Crippen LogP contribution in [0.25, 0.3) is 0 Å². The van der Waals surface area contributed by atoms with Crippen molar-refractivity contribution in [1.29, 1.82) is 0 Å². The highest BCUT2D eigenvalue weighted by molar-refractivity contribution is 7.89. The van der Waals surface area contributed by atoms with Gasteiger partial charge < -0.3 is 31.9 Å². The van der Waals surface area contributed by atoms with Crippen LogP contribution in [0.4, 0.5) is 8.78 Å². The van der Waals surface area contributed by atoms with Gasteiger partial charge in [-0.15, -0.1) is 0 Å². The van der Waals surface area contributed by atoms with Gasteiger partial charge in [0.25, 0.3) is 0 Å². The molecule has 402 valence electrons. The van der Waals surface area contributed by atoms with Crippen molar-refractivity contribution in [3.8, 4) is 11.5 Å². The maximum Gasteiger partial charge on any atom is 0.243 e. The molecule has 2 aromatic heterocycles. The van der Waals surface area contributed by atoms with E-state index in [1.54, 1.807) is 25.6 Å². The number of hydrogen-bond acceptors (Lipinski definition) is 12. The number of nitrogens with two attached hydrogens (primary N) is 2. The number of halogens is 2. The predicted octanol–water partition coefficient (Wildman–Crippen LogP) is 7.57. The molecule has 0 amide bonds. The second-order valence-corrected chi connectivity index (χ2v) is 23.0. The number of rotatable bonds is 25. The number of nitrogens with one attached hydrogen (secondary N) is 4. The smallest absolute Gasteiger partial charge is 0.243 e. The lowest BCUT2D eigenvalue weighted by atomic mass is 9.76. The number of pyridine rings is 2. The fraction of sp³-hybridized carbons (Fsp3) is 0.404. The van der Waals surface area contributed by atoms with Crippen LogP contribution >= 0.6 is 0 Å². The summed E-state index contributed by atoms with van der Waals surface area (Å²) in [6.07, 6.45) is 17.3. The van der Waals surface area contributed by atoms with Crippen LogP contribution in [-0.2, 0) is 45.7 Å². The zero-order valence-corrected chi connectivity index (χ0v) is 44.2. The van der Waals surface area contributed by atoms with Crippen molar-refractivity contribution in [2.75, 3.05) is 33.3 Å². The maximum atomic E-state index is 13.8. The summed E-state index contributed by atoms with van der Waals surface area (Å²) >= 11 is 0. The quantitative estimate of drug-likeness (QED) is 0.0276. The number of sulfonamides is 2. The van der Waals surface area contributed by atoms with Crippen molar-refractivity contribution >= 4 is 20.0 Å². The summed E-state index contributed by atoms with van der Waals surface area (Å²) in [5.41, 5.74) is 20.3. The van der Waals surface area contributed by atoms with E-state index < -0.39 is 31.7 Å². The fourth-order valence-corrected chi connectivity index (χ4v) is 12.5. The molecule has 0 bridgehead atoms. The van der Waals surface area contributed by atoms with Gasteiger partial charge in [-0.25, -0.2) is 35.1 Å². The summed E-state index contributed by atoms with van der Waals surface area (Å²) in [6, 6.07) is 31.3. The van der Waals surface area contributed by atoms with Crippen LogP contribution in [0.2, 0.25) is 0 Å². The molecule has 2 aliphatic carbocycles. The molecule has 0 spiro atoms. The number of aromatic hydroxyl groups is 1. The van der Waals surface area contributed by atoms with Gasteiger partial charge in [-0.2, -0.15) is 0 Å². The van der Waals surface area contributed by atoms with Gasteiger partial charge in [-0.1, -0.05) is 61.4 Å². The van der Waals surface area contributed by atoms with Crippen LogP contribution in [0.15, 0.2) is 144 Å². The summed E-state index contributed by atoms with van der Waals surface area (Å²) < 4.78 is 87.2. The molecule has 8 rings (SSSR count). The largest absolute Gasteiger partial charge is 0.508 e. The molecule has 2 heterocycles. The van der Waals surface area contributed by atoms with E-state index in [0.717, 1.165) is 82.1 Å². The first-order chi connectivity index (χ1) is 36.2. The summed E-state index contributed by atoms with van der Waals surface area (Å²) in [5, 5.41) is 17.3. The summed E-state index contributed by atoms with van der Waals surface area (Å²) in [7, 11) is -6.03. The van der Waals surface area contributed by atoms with Crippen LogP contribution in [0.1, 0.15) is 96.6 Å². The number of nitrogens with zero attached hydrogens (tertiary/aromatic N) is 2. The number of phenols is 1. The van der Waals surface area contributed by atoms with Crippen molar-refractivity contribution in [2.45, 2.75) is 123 Å². The molecule has 0 saturated heterocycles. The third kappa shape index (κ3) is 16.6. The third-order valence-corrected chi connectivity index (χ3v) is 17.2. The average Bonchev–Trinajstić information content (AvgIpc) is 3.40. The second-order valence-electron chi connectivity index (χ2n) is 19.6. The van der Waals surface area contributed by atoms with E-state index in [0.29, 0.717) is 37.6 Å². The molecule has 0 fully saturated rings. The molecule has 2 aliphatic rings. The number of unbranched alkanes of at least 4 members (excludes halogenated alkanes) is 2. The molecule has 14 nitrogen and oxygen atoms in total. The van der Waals surface area contributed by atoms with Gasteiger partial charge in [0.1, 0.15) is 32.9 Å². The van der Waals surface area contributed by atoms with Gasteiger partial charge in [-0.05, 0) is 158 Å². The molecule has 75 heavy (non-hydrogen) atoms. The maximum absolute atomic E-state index is 13.8. The molecule has 9 N–H and O–H groups in total. The Morgan fingerprint density at radius 2 is 1.09 bits per heavy atom. The molecule has 0 saturated carbocycles. The highest BCUT2D eigenvalue weighted by Gasteiger charge is 2.32. The minimum Gasteiger partial charge on any atom is -0.508 e. The Bertz CT molecular complexity index is 2960. The number of aryl methyl sites for hydroxylation is 2. The minimum absolute atomic E-state index is 0.0468. The second kappa shape index (κ2) is 27.9. The van der Waals surface area contributed by atoms with E-state index in [9.17, 15) is 30.7 Å². The number of benzene rings is 4. The first-order valence-electron chi connectivity index (χ1n) is 25.9. The normalized spacial score (nSPS) is 18.2. The molecule has 6 atom stereocenters. The molecule has 0 aliphatic heterocycles. The highest BCUT2D eigenvalue weighted by Crippen LogP contribution is 2.38. The van der Waals surface area contributed by atoms with E-state index >= 15 is 0 Å². The number of ether oxygens (including phenoxy) is 1. The summed E-state index contributed by atoms with van der Waals surface area (Å²) in [4.78, 5) is 7.90. The Morgan fingerprint density at radius 3 is 1.55 bits per heavy atom. The van der Waals surface area contributed by atoms with Crippen LogP contribution in [-0.4, -0.2) is 89.4 Å². The molecular weight excluding hydrogens is 995 g/mol. The Balaban J connectivity index is 0.000000219. The van der Waals surface area contributed by atoms with E-state index in [4.69, 9.17) is 16.2 Å². The van der Waals surface area contributed by atoms with Gasteiger partial charge in [0.2, 0.25) is 20.0 Å². The minimum atomic E-state index is -3.86. The Morgan fingerprint density at radius 1 is 0.627 bits per heavy atom. The van der Waals surface area contributed by atoms with E-state index in [2.05, 4.69) is 54.3 Å². The van der Waals surface area contributed by atoms with Crippen molar-refractivity contribution < 1.29 is 35.5 Å². The first-order valence-corrected chi connectivity index (χ1v) is 28.9. The van der Waals surface area contributed by atoms with Crippen molar-refractivity contribution in [1.82, 2.24) is 30.0 Å². The molecule has 18 heteroatoms. The van der Waals surface area contributed by atoms with Gasteiger partial charge >= 0.3 is 0 Å². The third-order valence-electron chi connectivity index (χ3n) is 14.2. The van der Waals surface area contributed by atoms with Gasteiger partial charge in [0, 0.05) is 87.0 Å². The van der Waals surface area contributed by atoms with E-state index in [1.807, 2.05) is 42.7 Å². The summed E-state index contributed by atoms with van der Waals surface area (Å²) in [5.74, 6) is 0.214. The van der Waals surface area contributed by atoms with Crippen LogP contribution in [0.3, 0.4) is 0 Å². The number of hydrogen-bond donors (Lipinski definition) is 7. The van der Waals surface area contributed by atoms with E-state index in [-0.39, 0.29) is 53.0 Å². The molecular formula is C57H72F2N8O6S2. The highest BCUT2D eigenvalue weighted by atomic mass is 32.2. The lowest BCUT2D eigenvalue weighted by Crippen LogP contribution is -2.44. The standard InChI is InChI=1S/C29H37FN4O3S.C28H35FN4O3S/c1-37-24-12-13-25-22(18-24)11-14-28(26(25)17-21-7-6-15-32-19-21)33-20-23(31)8-4-5-16-34-38(35,36)29-10-3-2-9-27(29)30;29-26-8-1-2-9-28(26)37(35,36)33-15-4-3-7-22(30)19-32-27-13-10-21-17-23(34)11-12-24(21)25(27)16-20-6-5-14-31-18-20/h2-3,6-7,9-10,12-13,15,18-19,23,26,28,33-34H,4-5,8,11,14,16-17,20,31H2,1H3;1-2,5-6,8-9,11-12,14,17-18,22,25,27,32-34H,3-4,7,10,13,15-16,19,30H2/t;22-,25?,27?/m.0/s1. The number of fused-ring (bicyclic) bond motifs is 2. The number of methoxy groups -OCH3 is 1. The van der Waals surface area contributed by atoms with Crippen LogP contribution in [0, 0.1) is 11.6 Å². The monoisotopic (exact) mass is 1070 g/mol. The van der Waals surface area contributed by atoms with Gasteiger partial charge in [-0.3, -0.25) is 9.97 Å². The average molecular weight is 1070 g/mol. The fourth-order valence-electron chi connectivity index (χ4n) is 10.2. The molecule has 0 radical (unpaired) electrons. The van der Waals surface area contributed by atoms with Gasteiger partial charge in [0.05, 0.1) is 7.11 Å². The molecule has 5 unspecified atom stereocenters. The lowest BCUT2D eigenvalue weighted by molar-refractivity contribution is 0.365. The van der Waals surface area contributed by atoms with Crippen molar-refractivity contribution in [3.63, 3.8) is 0 Å². The predicted molar refractivity (Wildman–Crippen MR) is 290 cm³/mol. The zero-order valence-electron chi connectivity index (χ0n) is 42.6. The topological polar surface area (TPSA) is 224 Å². The number of aromatic nitrogens is 2. The van der Waals surface area contributed by atoms with E-state index in [1.165, 1.54) is 69.8 Å².